The number of hydrogen-bond acceptors (Lipinski definition) is 4. The minimum absolute atomic E-state index is 0.202. The number of rotatable bonds is 4. The lowest BCUT2D eigenvalue weighted by Gasteiger charge is -2.36. The fourth-order valence-electron chi connectivity index (χ4n) is 2.39. The van der Waals surface area contributed by atoms with E-state index in [1.54, 1.807) is 12.1 Å². The molecule has 5 heteroatoms. The first-order chi connectivity index (χ1) is 9.60. The average Bonchev–Trinajstić information content (AvgIpc) is 2.48. The third-order valence-electron chi connectivity index (χ3n) is 3.77. The van der Waals surface area contributed by atoms with E-state index in [-0.39, 0.29) is 17.6 Å². The van der Waals surface area contributed by atoms with Crippen molar-refractivity contribution in [2.75, 3.05) is 37.6 Å². The van der Waals surface area contributed by atoms with Crippen LogP contribution in [0, 0.1) is 5.92 Å². The number of hydrogen-bond donors (Lipinski definition) is 2. The Hall–Kier alpha value is -1.75. The summed E-state index contributed by atoms with van der Waals surface area (Å²) in [7, 11) is 0. The topological polar surface area (TPSA) is 69.8 Å². The van der Waals surface area contributed by atoms with Gasteiger partial charge in [0.05, 0.1) is 0 Å². The number of phenolic OH excluding ortho intramolecular Hbond substituents is 1. The van der Waals surface area contributed by atoms with Crippen LogP contribution in [0.2, 0.25) is 0 Å². The molecule has 110 valence electrons. The molecule has 3 N–H and O–H groups in total. The van der Waals surface area contributed by atoms with E-state index in [0.717, 1.165) is 31.9 Å². The number of carbonyl (C=O) groups is 1. The van der Waals surface area contributed by atoms with E-state index in [2.05, 4.69) is 4.90 Å². The Bertz CT molecular complexity index is 439. The summed E-state index contributed by atoms with van der Waals surface area (Å²) in [4.78, 5) is 16.2. The van der Waals surface area contributed by atoms with Gasteiger partial charge in [0.1, 0.15) is 5.75 Å². The number of nitrogens with zero attached hydrogens (tertiary/aromatic N) is 2. The molecule has 20 heavy (non-hydrogen) atoms. The molecule has 1 saturated heterocycles. The molecule has 1 aromatic rings. The molecule has 1 aliphatic rings. The molecule has 0 aromatic heterocycles. The van der Waals surface area contributed by atoms with E-state index >= 15 is 0 Å². The number of aromatic hydroxyl groups is 1. The summed E-state index contributed by atoms with van der Waals surface area (Å²) < 4.78 is 0. The fourth-order valence-corrected chi connectivity index (χ4v) is 2.39. The molecular weight excluding hydrogens is 254 g/mol. The number of amides is 1. The van der Waals surface area contributed by atoms with E-state index in [1.165, 1.54) is 0 Å². The highest BCUT2D eigenvalue weighted by molar-refractivity contribution is 5.76. The minimum Gasteiger partial charge on any atom is -0.508 e. The lowest BCUT2D eigenvalue weighted by Crippen LogP contribution is -2.49. The van der Waals surface area contributed by atoms with E-state index in [4.69, 9.17) is 5.73 Å². The second kappa shape index (κ2) is 6.61. The molecule has 2 rings (SSSR count). The van der Waals surface area contributed by atoms with Crippen molar-refractivity contribution in [2.45, 2.75) is 13.3 Å². The maximum Gasteiger partial charge on any atom is 0.223 e. The lowest BCUT2D eigenvalue weighted by atomic mass is 10.1. The Labute approximate surface area is 120 Å². The van der Waals surface area contributed by atoms with Gasteiger partial charge < -0.3 is 20.6 Å². The Kier molecular flexibility index (Phi) is 4.84. The molecule has 1 amide bonds. The van der Waals surface area contributed by atoms with Crippen molar-refractivity contribution in [1.29, 1.82) is 0 Å². The first kappa shape index (κ1) is 14.7. The molecule has 0 radical (unpaired) electrons. The van der Waals surface area contributed by atoms with Gasteiger partial charge in [-0.3, -0.25) is 4.79 Å². The number of nitrogens with two attached hydrogens (primary N) is 1. The van der Waals surface area contributed by atoms with Gasteiger partial charge in [-0.15, -0.1) is 0 Å². The summed E-state index contributed by atoms with van der Waals surface area (Å²) in [5, 5.41) is 9.30. The molecule has 1 atom stereocenters. The molecule has 0 aliphatic carbocycles. The zero-order valence-corrected chi connectivity index (χ0v) is 12.0. The number of phenols is 1. The molecule has 1 aliphatic heterocycles. The van der Waals surface area contributed by atoms with Crippen molar-refractivity contribution >= 4 is 11.6 Å². The molecule has 5 nitrogen and oxygen atoms in total. The zero-order chi connectivity index (χ0) is 14.5. The van der Waals surface area contributed by atoms with Gasteiger partial charge in [0.15, 0.2) is 0 Å². The smallest absolute Gasteiger partial charge is 0.223 e. The number of anilines is 1. The molecule has 0 saturated carbocycles. The number of piperazine rings is 1. The summed E-state index contributed by atoms with van der Waals surface area (Å²) in [5.41, 5.74) is 6.65. The van der Waals surface area contributed by atoms with Crippen LogP contribution in [-0.2, 0) is 4.79 Å². The van der Waals surface area contributed by atoms with Crippen LogP contribution in [-0.4, -0.2) is 48.6 Å². The summed E-state index contributed by atoms with van der Waals surface area (Å²) >= 11 is 0. The second-order valence-electron chi connectivity index (χ2n) is 5.43. The Balaban J connectivity index is 1.86. The van der Waals surface area contributed by atoms with Crippen molar-refractivity contribution in [3.8, 4) is 5.75 Å². The van der Waals surface area contributed by atoms with Gasteiger partial charge in [0.25, 0.3) is 0 Å². The monoisotopic (exact) mass is 277 g/mol. The average molecular weight is 277 g/mol. The quantitative estimate of drug-likeness (QED) is 0.862. The molecule has 1 aromatic carbocycles. The van der Waals surface area contributed by atoms with Gasteiger partial charge in [0, 0.05) is 38.3 Å². The predicted octanol–water partition coefficient (Wildman–Crippen LogP) is 1.03. The number of benzene rings is 1. The highest BCUT2D eigenvalue weighted by atomic mass is 16.3. The lowest BCUT2D eigenvalue weighted by molar-refractivity contribution is -0.132. The van der Waals surface area contributed by atoms with Gasteiger partial charge in [0.2, 0.25) is 5.91 Å². The van der Waals surface area contributed by atoms with Crippen LogP contribution >= 0.6 is 0 Å². The van der Waals surface area contributed by atoms with Crippen LogP contribution in [0.25, 0.3) is 0 Å². The summed E-state index contributed by atoms with van der Waals surface area (Å²) in [6, 6.07) is 7.19. The Morgan fingerprint density at radius 2 is 1.85 bits per heavy atom. The van der Waals surface area contributed by atoms with E-state index in [9.17, 15) is 9.90 Å². The van der Waals surface area contributed by atoms with Gasteiger partial charge in [-0.2, -0.15) is 0 Å². The SMILES string of the molecule is CC(CN)CC(=O)N1CCN(c2ccc(O)cc2)CC1. The van der Waals surface area contributed by atoms with E-state index in [1.807, 2.05) is 24.0 Å². The van der Waals surface area contributed by atoms with Crippen molar-refractivity contribution in [3.63, 3.8) is 0 Å². The Morgan fingerprint density at radius 1 is 1.25 bits per heavy atom. The van der Waals surface area contributed by atoms with Crippen LogP contribution in [0.4, 0.5) is 5.69 Å². The third kappa shape index (κ3) is 3.63. The standard InChI is InChI=1S/C15H23N3O2/c1-12(11-16)10-15(20)18-8-6-17(7-9-18)13-2-4-14(19)5-3-13/h2-5,12,19H,6-11,16H2,1H3. The van der Waals surface area contributed by atoms with Crippen molar-refractivity contribution in [3.05, 3.63) is 24.3 Å². The van der Waals surface area contributed by atoms with Gasteiger partial charge in [-0.05, 0) is 36.7 Å². The molecule has 1 fully saturated rings. The van der Waals surface area contributed by atoms with Crippen LogP contribution in [0.3, 0.4) is 0 Å². The van der Waals surface area contributed by atoms with Crippen molar-refractivity contribution < 1.29 is 9.90 Å². The summed E-state index contributed by atoms with van der Waals surface area (Å²) in [6.07, 6.45) is 0.537. The first-order valence-corrected chi connectivity index (χ1v) is 7.12. The predicted molar refractivity (Wildman–Crippen MR) is 79.7 cm³/mol. The van der Waals surface area contributed by atoms with Gasteiger partial charge in [-0.1, -0.05) is 6.92 Å². The van der Waals surface area contributed by atoms with Crippen LogP contribution in [0.15, 0.2) is 24.3 Å². The largest absolute Gasteiger partial charge is 0.508 e. The van der Waals surface area contributed by atoms with Crippen LogP contribution in [0.5, 0.6) is 5.75 Å². The molecular formula is C15H23N3O2. The van der Waals surface area contributed by atoms with Gasteiger partial charge in [-0.25, -0.2) is 0 Å². The molecule has 1 heterocycles. The fraction of sp³-hybridized carbons (Fsp3) is 0.533. The Morgan fingerprint density at radius 3 is 2.40 bits per heavy atom. The highest BCUT2D eigenvalue weighted by Gasteiger charge is 2.22. The van der Waals surface area contributed by atoms with Crippen LogP contribution in [0.1, 0.15) is 13.3 Å². The molecule has 0 spiro atoms. The van der Waals surface area contributed by atoms with Crippen molar-refractivity contribution in [1.82, 2.24) is 4.90 Å². The highest BCUT2D eigenvalue weighted by Crippen LogP contribution is 2.20. The molecule has 0 bridgehead atoms. The van der Waals surface area contributed by atoms with E-state index < -0.39 is 0 Å². The minimum atomic E-state index is 0.202. The number of carbonyl (C=O) groups excluding carboxylic acids is 1. The maximum atomic E-state index is 12.1. The summed E-state index contributed by atoms with van der Waals surface area (Å²) in [6.45, 7) is 5.71. The van der Waals surface area contributed by atoms with Crippen molar-refractivity contribution in [2.24, 2.45) is 11.7 Å². The summed E-state index contributed by atoms with van der Waals surface area (Å²) in [5.74, 6) is 0.726. The normalized spacial score (nSPS) is 17.1. The zero-order valence-electron chi connectivity index (χ0n) is 12.0. The van der Waals surface area contributed by atoms with Gasteiger partial charge >= 0.3 is 0 Å². The molecule has 1 unspecified atom stereocenters. The second-order valence-corrected chi connectivity index (χ2v) is 5.43. The van der Waals surface area contributed by atoms with Crippen LogP contribution < -0.4 is 10.6 Å². The first-order valence-electron chi connectivity index (χ1n) is 7.12. The third-order valence-corrected chi connectivity index (χ3v) is 3.77. The van der Waals surface area contributed by atoms with E-state index in [0.29, 0.717) is 13.0 Å². The maximum absolute atomic E-state index is 12.1.